The van der Waals surface area contributed by atoms with Gasteiger partial charge < -0.3 is 14.4 Å². The Morgan fingerprint density at radius 2 is 1.42 bits per heavy atom. The molecule has 1 atom stereocenters. The van der Waals surface area contributed by atoms with E-state index >= 15 is 0 Å². The van der Waals surface area contributed by atoms with Crippen molar-refractivity contribution in [1.82, 2.24) is 14.4 Å². The number of amides is 2. The van der Waals surface area contributed by atoms with Crippen LogP contribution in [-0.2, 0) is 4.79 Å². The van der Waals surface area contributed by atoms with Crippen molar-refractivity contribution in [3.05, 3.63) is 113 Å². The van der Waals surface area contributed by atoms with Gasteiger partial charge in [-0.05, 0) is 67.4 Å². The normalized spacial score (nSPS) is 14.4. The molecular weight excluding hydrogens is 501 g/mol. The molecule has 7 heteroatoms. The lowest BCUT2D eigenvalue weighted by molar-refractivity contribution is -0.132. The molecule has 0 saturated carbocycles. The summed E-state index contributed by atoms with van der Waals surface area (Å²) < 4.78 is 15.7. The van der Waals surface area contributed by atoms with Crippen molar-refractivity contribution < 1.29 is 14.0 Å². The van der Waals surface area contributed by atoms with Gasteiger partial charge in [-0.3, -0.25) is 9.59 Å². The Bertz CT molecular complexity index is 1440. The SMILES string of the molecule is Cc1ccc(-n2c(-c3ccc(F)cc3)cc(C(=O)N3CCN(C(=O)C(Cl)c4ccccc4)CC3)c2C)cc1. The topological polar surface area (TPSA) is 45.6 Å². The van der Waals surface area contributed by atoms with Gasteiger partial charge in [-0.2, -0.15) is 0 Å². The van der Waals surface area contributed by atoms with Gasteiger partial charge in [-0.25, -0.2) is 4.39 Å². The van der Waals surface area contributed by atoms with Gasteiger partial charge in [-0.15, -0.1) is 11.6 Å². The van der Waals surface area contributed by atoms with Crippen molar-refractivity contribution in [2.75, 3.05) is 26.2 Å². The first-order valence-electron chi connectivity index (χ1n) is 12.7. The van der Waals surface area contributed by atoms with Crippen LogP contribution in [-0.4, -0.2) is 52.4 Å². The average molecular weight is 530 g/mol. The van der Waals surface area contributed by atoms with E-state index in [1.807, 2.05) is 79.1 Å². The fourth-order valence-electron chi connectivity index (χ4n) is 4.91. The highest BCUT2D eigenvalue weighted by atomic mass is 35.5. The summed E-state index contributed by atoms with van der Waals surface area (Å²) in [4.78, 5) is 30.2. The molecule has 1 aromatic heterocycles. The zero-order valence-electron chi connectivity index (χ0n) is 21.4. The minimum atomic E-state index is -0.748. The van der Waals surface area contributed by atoms with Crippen LogP contribution in [0.4, 0.5) is 4.39 Å². The van der Waals surface area contributed by atoms with E-state index in [-0.39, 0.29) is 17.6 Å². The summed E-state index contributed by atoms with van der Waals surface area (Å²) in [5.41, 5.74) is 5.85. The van der Waals surface area contributed by atoms with E-state index in [4.69, 9.17) is 11.6 Å². The molecule has 5 rings (SSSR count). The highest BCUT2D eigenvalue weighted by molar-refractivity contribution is 6.30. The summed E-state index contributed by atoms with van der Waals surface area (Å²) in [6.45, 7) is 5.64. The standard InChI is InChI=1S/C31H29ClFN3O2/c1-21-8-14-26(15-9-21)36-22(2)27(20-28(36)23-10-12-25(33)13-11-23)30(37)34-16-18-35(19-17-34)31(38)29(32)24-6-4-3-5-7-24/h3-15,20,29H,16-19H2,1-2H3. The molecule has 0 spiro atoms. The second-order valence-electron chi connectivity index (χ2n) is 9.60. The van der Waals surface area contributed by atoms with E-state index in [0.717, 1.165) is 33.8 Å². The van der Waals surface area contributed by atoms with Crippen LogP contribution in [0.1, 0.15) is 32.6 Å². The molecule has 3 aromatic carbocycles. The van der Waals surface area contributed by atoms with Crippen molar-refractivity contribution in [2.45, 2.75) is 19.2 Å². The Kier molecular flexibility index (Phi) is 7.34. The van der Waals surface area contributed by atoms with Crippen LogP contribution in [0.3, 0.4) is 0 Å². The molecule has 1 saturated heterocycles. The molecule has 0 aliphatic carbocycles. The van der Waals surface area contributed by atoms with Crippen molar-refractivity contribution in [2.24, 2.45) is 0 Å². The summed E-state index contributed by atoms with van der Waals surface area (Å²) in [6.07, 6.45) is 0. The number of piperazine rings is 1. The summed E-state index contributed by atoms with van der Waals surface area (Å²) >= 11 is 6.46. The zero-order valence-corrected chi connectivity index (χ0v) is 22.2. The van der Waals surface area contributed by atoms with Crippen molar-refractivity contribution in [3.63, 3.8) is 0 Å². The van der Waals surface area contributed by atoms with Crippen LogP contribution in [0.25, 0.3) is 16.9 Å². The van der Waals surface area contributed by atoms with Gasteiger partial charge in [0.1, 0.15) is 11.2 Å². The Labute approximate surface area is 227 Å². The molecule has 2 heterocycles. The molecule has 0 bridgehead atoms. The Morgan fingerprint density at radius 3 is 2.05 bits per heavy atom. The molecule has 0 radical (unpaired) electrons. The second-order valence-corrected chi connectivity index (χ2v) is 10.0. The van der Waals surface area contributed by atoms with Crippen LogP contribution in [0.5, 0.6) is 0 Å². The van der Waals surface area contributed by atoms with E-state index in [9.17, 15) is 14.0 Å². The van der Waals surface area contributed by atoms with Crippen molar-refractivity contribution in [1.29, 1.82) is 0 Å². The number of hydrogen-bond donors (Lipinski definition) is 0. The van der Waals surface area contributed by atoms with E-state index < -0.39 is 5.38 Å². The van der Waals surface area contributed by atoms with E-state index in [1.165, 1.54) is 12.1 Å². The molecule has 194 valence electrons. The Morgan fingerprint density at radius 1 is 0.816 bits per heavy atom. The number of carbonyl (C=O) groups is 2. The second kappa shape index (κ2) is 10.8. The van der Waals surface area contributed by atoms with Gasteiger partial charge in [0, 0.05) is 37.6 Å². The minimum absolute atomic E-state index is 0.0886. The van der Waals surface area contributed by atoms with Crippen molar-refractivity contribution >= 4 is 23.4 Å². The summed E-state index contributed by atoms with van der Waals surface area (Å²) in [5, 5.41) is -0.748. The fourth-order valence-corrected chi connectivity index (χ4v) is 5.19. The van der Waals surface area contributed by atoms with Crippen LogP contribution >= 0.6 is 11.6 Å². The molecule has 1 fully saturated rings. The van der Waals surface area contributed by atoms with Gasteiger partial charge in [0.15, 0.2) is 0 Å². The molecule has 2 amide bonds. The van der Waals surface area contributed by atoms with E-state index in [0.29, 0.717) is 31.7 Å². The number of benzene rings is 3. The Hall–Kier alpha value is -3.90. The molecule has 1 aliphatic heterocycles. The molecule has 1 unspecified atom stereocenters. The number of aryl methyl sites for hydroxylation is 1. The molecule has 1 aliphatic rings. The number of aromatic nitrogens is 1. The average Bonchev–Trinajstić information content (AvgIpc) is 3.30. The summed E-state index contributed by atoms with van der Waals surface area (Å²) in [5.74, 6) is -0.548. The number of nitrogens with zero attached hydrogens (tertiary/aromatic N) is 3. The largest absolute Gasteiger partial charge is 0.338 e. The van der Waals surface area contributed by atoms with Gasteiger partial charge in [0.05, 0.1) is 11.3 Å². The highest BCUT2D eigenvalue weighted by Gasteiger charge is 2.30. The smallest absolute Gasteiger partial charge is 0.255 e. The quantitative estimate of drug-likeness (QED) is 0.290. The number of rotatable bonds is 5. The van der Waals surface area contributed by atoms with E-state index in [1.54, 1.807) is 21.9 Å². The fraction of sp³-hybridized carbons (Fsp3) is 0.226. The monoisotopic (exact) mass is 529 g/mol. The van der Waals surface area contributed by atoms with E-state index in [2.05, 4.69) is 0 Å². The summed E-state index contributed by atoms with van der Waals surface area (Å²) in [6, 6.07) is 25.6. The van der Waals surface area contributed by atoms with Crippen molar-refractivity contribution in [3.8, 4) is 16.9 Å². The third kappa shape index (κ3) is 5.09. The predicted molar refractivity (Wildman–Crippen MR) is 148 cm³/mol. The third-order valence-electron chi connectivity index (χ3n) is 7.10. The van der Waals surface area contributed by atoms with Gasteiger partial charge >= 0.3 is 0 Å². The number of hydrogen-bond acceptors (Lipinski definition) is 2. The number of carbonyl (C=O) groups excluding carboxylic acids is 2. The van der Waals surface area contributed by atoms with Crippen LogP contribution in [0.15, 0.2) is 84.9 Å². The summed E-state index contributed by atoms with van der Waals surface area (Å²) in [7, 11) is 0. The minimum Gasteiger partial charge on any atom is -0.338 e. The third-order valence-corrected chi connectivity index (χ3v) is 7.54. The first kappa shape index (κ1) is 25.7. The van der Waals surface area contributed by atoms with Crippen LogP contribution in [0.2, 0.25) is 0 Å². The molecule has 4 aromatic rings. The maximum atomic E-state index is 13.7. The number of alkyl halides is 1. The lowest BCUT2D eigenvalue weighted by atomic mass is 10.1. The number of halogens is 2. The van der Waals surface area contributed by atoms with Gasteiger partial charge in [0.25, 0.3) is 5.91 Å². The van der Waals surface area contributed by atoms with Gasteiger partial charge in [0.2, 0.25) is 5.91 Å². The molecule has 0 N–H and O–H groups in total. The molecule has 38 heavy (non-hydrogen) atoms. The Balaban J connectivity index is 1.38. The maximum absolute atomic E-state index is 13.7. The lowest BCUT2D eigenvalue weighted by Crippen LogP contribution is -2.51. The van der Waals surface area contributed by atoms with Crippen LogP contribution in [0, 0.1) is 19.7 Å². The lowest BCUT2D eigenvalue weighted by Gasteiger charge is -2.35. The van der Waals surface area contributed by atoms with Gasteiger partial charge in [-0.1, -0.05) is 48.0 Å². The molecular formula is C31H29ClFN3O2. The maximum Gasteiger partial charge on any atom is 0.255 e. The highest BCUT2D eigenvalue weighted by Crippen LogP contribution is 2.31. The van der Waals surface area contributed by atoms with Crippen LogP contribution < -0.4 is 0 Å². The molecule has 5 nitrogen and oxygen atoms in total. The first-order valence-corrected chi connectivity index (χ1v) is 13.1. The predicted octanol–water partition coefficient (Wildman–Crippen LogP) is 6.16. The first-order chi connectivity index (χ1) is 18.3. The zero-order chi connectivity index (χ0) is 26.8.